The maximum absolute atomic E-state index is 5.26. The predicted octanol–water partition coefficient (Wildman–Crippen LogP) is 1.08. The van der Waals surface area contributed by atoms with E-state index in [4.69, 9.17) is 4.74 Å². The van der Waals surface area contributed by atoms with E-state index in [9.17, 15) is 0 Å². The molecule has 0 atom stereocenters. The van der Waals surface area contributed by atoms with Gasteiger partial charge in [-0.05, 0) is 0 Å². The van der Waals surface area contributed by atoms with Gasteiger partial charge in [0, 0.05) is 18.1 Å². The fourth-order valence-corrected chi connectivity index (χ4v) is 2.42. The lowest BCUT2D eigenvalue weighted by Gasteiger charge is -2.03. The SMILES string of the molecule is COc1nc2sccn2c1CNCc1ncon1. The third-order valence-electron chi connectivity index (χ3n) is 2.50. The number of methoxy groups -OCH3 is 1. The lowest BCUT2D eigenvalue weighted by atomic mass is 10.4. The number of aromatic nitrogens is 4. The second-order valence-corrected chi connectivity index (χ2v) is 4.45. The molecule has 0 saturated heterocycles. The van der Waals surface area contributed by atoms with Crippen molar-refractivity contribution in [2.45, 2.75) is 13.1 Å². The molecule has 0 unspecified atom stereocenters. The molecular weight excluding hydrogens is 254 g/mol. The van der Waals surface area contributed by atoms with Crippen molar-refractivity contribution in [2.75, 3.05) is 7.11 Å². The van der Waals surface area contributed by atoms with Crippen LogP contribution in [0, 0.1) is 0 Å². The van der Waals surface area contributed by atoms with Crippen molar-refractivity contribution in [3.63, 3.8) is 0 Å². The Morgan fingerprint density at radius 3 is 3.22 bits per heavy atom. The highest BCUT2D eigenvalue weighted by Gasteiger charge is 2.13. The summed E-state index contributed by atoms with van der Waals surface area (Å²) in [5.41, 5.74) is 0.984. The van der Waals surface area contributed by atoms with Crippen molar-refractivity contribution in [1.82, 2.24) is 24.8 Å². The Hall–Kier alpha value is -1.93. The quantitative estimate of drug-likeness (QED) is 0.743. The highest BCUT2D eigenvalue weighted by atomic mass is 32.1. The van der Waals surface area contributed by atoms with Gasteiger partial charge < -0.3 is 14.6 Å². The molecule has 0 aromatic carbocycles. The number of rotatable bonds is 5. The molecule has 3 heterocycles. The molecule has 0 saturated carbocycles. The van der Waals surface area contributed by atoms with E-state index in [-0.39, 0.29) is 0 Å². The first-order chi connectivity index (χ1) is 8.88. The number of nitrogens with zero attached hydrogens (tertiary/aromatic N) is 4. The third-order valence-corrected chi connectivity index (χ3v) is 3.26. The van der Waals surface area contributed by atoms with Crippen molar-refractivity contribution in [3.05, 3.63) is 29.5 Å². The van der Waals surface area contributed by atoms with Gasteiger partial charge >= 0.3 is 0 Å². The Labute approximate surface area is 106 Å². The normalized spacial score (nSPS) is 11.2. The number of nitrogens with one attached hydrogen (secondary N) is 1. The van der Waals surface area contributed by atoms with Crippen LogP contribution in [0.25, 0.3) is 4.96 Å². The zero-order chi connectivity index (χ0) is 12.4. The van der Waals surface area contributed by atoms with Gasteiger partial charge in [-0.2, -0.15) is 9.97 Å². The van der Waals surface area contributed by atoms with Crippen LogP contribution in [0.3, 0.4) is 0 Å². The van der Waals surface area contributed by atoms with Gasteiger partial charge in [0.2, 0.25) is 12.3 Å². The molecule has 0 spiro atoms. The first kappa shape index (κ1) is 11.2. The van der Waals surface area contributed by atoms with Gasteiger partial charge in [-0.25, -0.2) is 0 Å². The fraction of sp³-hybridized carbons (Fsp3) is 0.300. The monoisotopic (exact) mass is 265 g/mol. The molecule has 18 heavy (non-hydrogen) atoms. The maximum atomic E-state index is 5.26. The summed E-state index contributed by atoms with van der Waals surface area (Å²) in [5.74, 6) is 1.27. The Bertz CT molecular complexity index is 630. The molecule has 3 aromatic rings. The molecule has 0 aliphatic carbocycles. The smallest absolute Gasteiger partial charge is 0.237 e. The Kier molecular flexibility index (Phi) is 2.95. The van der Waals surface area contributed by atoms with E-state index in [1.54, 1.807) is 18.4 Å². The maximum Gasteiger partial charge on any atom is 0.237 e. The highest BCUT2D eigenvalue weighted by Crippen LogP contribution is 2.22. The second-order valence-electron chi connectivity index (χ2n) is 3.57. The largest absolute Gasteiger partial charge is 0.480 e. The number of imidazole rings is 1. The Balaban J connectivity index is 1.74. The van der Waals surface area contributed by atoms with E-state index in [0.717, 1.165) is 10.7 Å². The average molecular weight is 265 g/mol. The summed E-state index contributed by atoms with van der Waals surface area (Å²) in [6, 6.07) is 0. The van der Waals surface area contributed by atoms with Crippen molar-refractivity contribution >= 4 is 16.3 Å². The van der Waals surface area contributed by atoms with Crippen LogP contribution in [0.15, 0.2) is 22.5 Å². The van der Waals surface area contributed by atoms with Gasteiger partial charge in [0.05, 0.1) is 13.7 Å². The topological polar surface area (TPSA) is 77.5 Å². The van der Waals surface area contributed by atoms with Crippen LogP contribution in [0.2, 0.25) is 0 Å². The van der Waals surface area contributed by atoms with Gasteiger partial charge in [0.25, 0.3) is 0 Å². The number of fused-ring (bicyclic) bond motifs is 1. The minimum Gasteiger partial charge on any atom is -0.480 e. The van der Waals surface area contributed by atoms with Crippen molar-refractivity contribution < 1.29 is 9.26 Å². The predicted molar refractivity (Wildman–Crippen MR) is 64.5 cm³/mol. The molecule has 8 heteroatoms. The standard InChI is InChI=1S/C10H11N5O2S/c1-16-9-7(15-2-3-18-10(15)13-9)4-11-5-8-12-6-17-14-8/h2-3,6,11H,4-5H2,1H3. The van der Waals surface area contributed by atoms with Crippen LogP contribution < -0.4 is 10.1 Å². The lowest BCUT2D eigenvalue weighted by molar-refractivity contribution is 0.391. The van der Waals surface area contributed by atoms with Gasteiger partial charge in [-0.15, -0.1) is 11.3 Å². The molecule has 7 nitrogen and oxygen atoms in total. The first-order valence-corrected chi connectivity index (χ1v) is 6.21. The zero-order valence-corrected chi connectivity index (χ0v) is 10.5. The molecule has 0 aliphatic heterocycles. The minimum absolute atomic E-state index is 0.539. The third kappa shape index (κ3) is 1.95. The average Bonchev–Trinajstić information content (AvgIpc) is 3.06. The van der Waals surface area contributed by atoms with Crippen LogP contribution in [0.5, 0.6) is 5.88 Å². The summed E-state index contributed by atoms with van der Waals surface area (Å²) in [6.45, 7) is 1.16. The number of hydrogen-bond acceptors (Lipinski definition) is 7. The fourth-order valence-electron chi connectivity index (χ4n) is 1.70. The van der Waals surface area contributed by atoms with Gasteiger partial charge in [-0.3, -0.25) is 4.40 Å². The molecule has 0 aliphatic rings. The summed E-state index contributed by atoms with van der Waals surface area (Å²) in [7, 11) is 1.62. The molecule has 0 radical (unpaired) electrons. The van der Waals surface area contributed by atoms with E-state index >= 15 is 0 Å². The molecule has 94 valence electrons. The van der Waals surface area contributed by atoms with E-state index in [1.165, 1.54) is 6.39 Å². The van der Waals surface area contributed by atoms with Crippen LogP contribution >= 0.6 is 11.3 Å². The summed E-state index contributed by atoms with van der Waals surface area (Å²) >= 11 is 1.57. The summed E-state index contributed by atoms with van der Waals surface area (Å²) in [5, 5.41) is 8.95. The summed E-state index contributed by atoms with van der Waals surface area (Å²) in [6.07, 6.45) is 3.29. The number of hydrogen-bond donors (Lipinski definition) is 1. The van der Waals surface area contributed by atoms with Crippen molar-refractivity contribution in [1.29, 1.82) is 0 Å². The van der Waals surface area contributed by atoms with E-state index in [1.807, 2.05) is 16.0 Å². The zero-order valence-electron chi connectivity index (χ0n) is 9.66. The molecule has 0 fully saturated rings. The molecular formula is C10H11N5O2S. The van der Waals surface area contributed by atoms with Crippen molar-refractivity contribution in [3.8, 4) is 5.88 Å². The van der Waals surface area contributed by atoms with Gasteiger partial charge in [-0.1, -0.05) is 5.16 Å². The summed E-state index contributed by atoms with van der Waals surface area (Å²) < 4.78 is 11.9. The molecule has 1 N–H and O–H groups in total. The lowest BCUT2D eigenvalue weighted by Crippen LogP contribution is -2.15. The minimum atomic E-state index is 0.539. The van der Waals surface area contributed by atoms with Crippen LogP contribution in [-0.4, -0.2) is 26.6 Å². The molecule has 0 amide bonds. The highest BCUT2D eigenvalue weighted by molar-refractivity contribution is 7.15. The Morgan fingerprint density at radius 2 is 2.44 bits per heavy atom. The van der Waals surface area contributed by atoms with E-state index < -0.39 is 0 Å². The van der Waals surface area contributed by atoms with E-state index in [0.29, 0.717) is 24.8 Å². The van der Waals surface area contributed by atoms with Crippen molar-refractivity contribution in [2.24, 2.45) is 0 Å². The van der Waals surface area contributed by atoms with E-state index in [2.05, 4.69) is 25.0 Å². The molecule has 3 aromatic heterocycles. The molecule has 3 rings (SSSR count). The summed E-state index contributed by atoms with van der Waals surface area (Å²) in [4.78, 5) is 9.23. The van der Waals surface area contributed by atoms with Crippen LogP contribution in [0.4, 0.5) is 0 Å². The van der Waals surface area contributed by atoms with Gasteiger partial charge in [0.1, 0.15) is 5.69 Å². The first-order valence-electron chi connectivity index (χ1n) is 5.33. The number of thiazole rings is 1. The Morgan fingerprint density at radius 1 is 1.50 bits per heavy atom. The second kappa shape index (κ2) is 4.75. The molecule has 0 bridgehead atoms. The van der Waals surface area contributed by atoms with Crippen LogP contribution in [-0.2, 0) is 13.1 Å². The number of ether oxygens (including phenoxy) is 1. The van der Waals surface area contributed by atoms with Gasteiger partial charge in [0.15, 0.2) is 10.8 Å². The van der Waals surface area contributed by atoms with Crippen LogP contribution in [0.1, 0.15) is 11.5 Å².